The third-order valence-corrected chi connectivity index (χ3v) is 6.29. The molecule has 5 nitrogen and oxygen atoms in total. The van der Waals surface area contributed by atoms with Crippen molar-refractivity contribution in [2.45, 2.75) is 39.0 Å². The van der Waals surface area contributed by atoms with Gasteiger partial charge in [0.1, 0.15) is 0 Å². The number of nitrogens with one attached hydrogen (secondary N) is 1. The number of aromatic nitrogens is 1. The molecule has 2 fully saturated rings. The van der Waals surface area contributed by atoms with Crippen molar-refractivity contribution in [1.82, 2.24) is 20.1 Å². The van der Waals surface area contributed by atoms with Gasteiger partial charge in [0.05, 0.1) is 5.01 Å². The van der Waals surface area contributed by atoms with Crippen molar-refractivity contribution in [1.29, 1.82) is 0 Å². The molecule has 2 aliphatic rings. The van der Waals surface area contributed by atoms with Crippen LogP contribution in [0.15, 0.2) is 11.2 Å². The molecular weight excluding hydrogens is 318 g/mol. The summed E-state index contributed by atoms with van der Waals surface area (Å²) in [5, 5.41) is 4.76. The zero-order chi connectivity index (χ0) is 16.8. The third kappa shape index (κ3) is 4.70. The van der Waals surface area contributed by atoms with Gasteiger partial charge in [-0.05, 0) is 44.7 Å². The Balaban J connectivity index is 1.41. The minimum absolute atomic E-state index is 0.799. The summed E-state index contributed by atoms with van der Waals surface area (Å²) in [4.78, 5) is 15.4. The molecule has 1 atom stereocenters. The maximum absolute atomic E-state index is 4.50. The predicted octanol–water partition coefficient (Wildman–Crippen LogP) is 2.24. The van der Waals surface area contributed by atoms with Crippen LogP contribution in [0.25, 0.3) is 0 Å². The topological polar surface area (TPSA) is 43.8 Å². The van der Waals surface area contributed by atoms with Crippen LogP contribution in [0.2, 0.25) is 0 Å². The summed E-state index contributed by atoms with van der Waals surface area (Å²) >= 11 is 1.83. The SMILES string of the molecule is CCc1cnc(CCNC(=NC)N2CCC(CN3CCCC3)C2)s1. The molecule has 0 amide bonds. The van der Waals surface area contributed by atoms with Crippen LogP contribution in [0.4, 0.5) is 0 Å². The standard InChI is InChI=1S/C18H31N5S/c1-3-16-12-21-17(24-16)6-8-20-18(19-2)23-11-7-15(14-23)13-22-9-4-5-10-22/h12,15H,3-11,13-14H2,1-2H3,(H,19,20). The van der Waals surface area contributed by atoms with Crippen LogP contribution in [0.3, 0.4) is 0 Å². The lowest BCUT2D eigenvalue weighted by Gasteiger charge is -2.23. The highest BCUT2D eigenvalue weighted by Crippen LogP contribution is 2.20. The molecule has 1 N–H and O–H groups in total. The molecule has 1 unspecified atom stereocenters. The van der Waals surface area contributed by atoms with Crippen molar-refractivity contribution < 1.29 is 0 Å². The van der Waals surface area contributed by atoms with E-state index in [1.165, 1.54) is 48.8 Å². The molecule has 0 spiro atoms. The Kier molecular flexibility index (Phi) is 6.49. The van der Waals surface area contributed by atoms with Gasteiger partial charge in [-0.3, -0.25) is 4.99 Å². The van der Waals surface area contributed by atoms with Gasteiger partial charge in [0.2, 0.25) is 0 Å². The molecule has 2 saturated heterocycles. The highest BCUT2D eigenvalue weighted by Gasteiger charge is 2.27. The van der Waals surface area contributed by atoms with Crippen LogP contribution in [0, 0.1) is 5.92 Å². The van der Waals surface area contributed by atoms with E-state index in [0.717, 1.165) is 44.4 Å². The number of aliphatic imine (C=N–C) groups is 1. The lowest BCUT2D eigenvalue weighted by Crippen LogP contribution is -2.41. The van der Waals surface area contributed by atoms with E-state index < -0.39 is 0 Å². The highest BCUT2D eigenvalue weighted by atomic mass is 32.1. The number of nitrogens with zero attached hydrogens (tertiary/aromatic N) is 4. The molecule has 0 aliphatic carbocycles. The number of hydrogen-bond acceptors (Lipinski definition) is 4. The molecule has 3 rings (SSSR count). The first-order chi connectivity index (χ1) is 11.8. The number of likely N-dealkylation sites (tertiary alicyclic amines) is 2. The van der Waals surface area contributed by atoms with E-state index >= 15 is 0 Å². The summed E-state index contributed by atoms with van der Waals surface area (Å²) in [5.74, 6) is 1.86. The number of thiazole rings is 1. The van der Waals surface area contributed by atoms with E-state index in [1.54, 1.807) is 0 Å². The summed E-state index contributed by atoms with van der Waals surface area (Å²) in [6.45, 7) is 9.25. The van der Waals surface area contributed by atoms with Gasteiger partial charge < -0.3 is 15.1 Å². The number of guanidine groups is 1. The summed E-state index contributed by atoms with van der Waals surface area (Å²) in [6, 6.07) is 0. The summed E-state index contributed by atoms with van der Waals surface area (Å²) in [6.07, 6.45) is 8.14. The van der Waals surface area contributed by atoms with Crippen LogP contribution < -0.4 is 5.32 Å². The van der Waals surface area contributed by atoms with Gasteiger partial charge in [-0.2, -0.15) is 0 Å². The van der Waals surface area contributed by atoms with Gasteiger partial charge in [0, 0.05) is 50.7 Å². The molecule has 0 radical (unpaired) electrons. The summed E-state index contributed by atoms with van der Waals surface area (Å²) in [7, 11) is 1.90. The van der Waals surface area contributed by atoms with Crippen LogP contribution >= 0.6 is 11.3 Å². The van der Waals surface area contributed by atoms with Gasteiger partial charge in [-0.15, -0.1) is 11.3 Å². The lowest BCUT2D eigenvalue weighted by molar-refractivity contribution is 0.281. The first-order valence-corrected chi connectivity index (χ1v) is 10.2. The molecule has 3 heterocycles. The van der Waals surface area contributed by atoms with Gasteiger partial charge in [0.25, 0.3) is 0 Å². The van der Waals surface area contributed by atoms with Gasteiger partial charge in [-0.25, -0.2) is 4.98 Å². The van der Waals surface area contributed by atoms with E-state index in [1.807, 2.05) is 24.6 Å². The Morgan fingerprint density at radius 3 is 2.92 bits per heavy atom. The van der Waals surface area contributed by atoms with E-state index in [4.69, 9.17) is 0 Å². The molecule has 2 aliphatic heterocycles. The average Bonchev–Trinajstić information content (AvgIpc) is 3.34. The number of hydrogen-bond donors (Lipinski definition) is 1. The lowest BCUT2D eigenvalue weighted by atomic mass is 10.1. The number of aryl methyl sites for hydroxylation is 1. The molecule has 24 heavy (non-hydrogen) atoms. The second-order valence-electron chi connectivity index (χ2n) is 6.91. The monoisotopic (exact) mass is 349 g/mol. The fraction of sp³-hybridized carbons (Fsp3) is 0.778. The molecule has 0 bridgehead atoms. The zero-order valence-corrected chi connectivity index (χ0v) is 15.9. The smallest absolute Gasteiger partial charge is 0.193 e. The molecule has 1 aromatic heterocycles. The van der Waals surface area contributed by atoms with Crippen LogP contribution in [0.1, 0.15) is 36.1 Å². The van der Waals surface area contributed by atoms with Crippen LogP contribution in [-0.2, 0) is 12.8 Å². The molecule has 1 aromatic rings. The summed E-state index contributed by atoms with van der Waals surface area (Å²) < 4.78 is 0. The molecular formula is C18H31N5S. The van der Waals surface area contributed by atoms with Crippen molar-refractivity contribution >= 4 is 17.3 Å². The third-order valence-electron chi connectivity index (χ3n) is 5.08. The Morgan fingerprint density at radius 1 is 1.38 bits per heavy atom. The largest absolute Gasteiger partial charge is 0.356 e. The van der Waals surface area contributed by atoms with E-state index in [0.29, 0.717) is 0 Å². The van der Waals surface area contributed by atoms with E-state index in [-0.39, 0.29) is 0 Å². The first kappa shape index (κ1) is 17.7. The molecule has 0 aromatic carbocycles. The van der Waals surface area contributed by atoms with Crippen molar-refractivity contribution in [3.63, 3.8) is 0 Å². The van der Waals surface area contributed by atoms with E-state index in [9.17, 15) is 0 Å². The van der Waals surface area contributed by atoms with Crippen LogP contribution in [0.5, 0.6) is 0 Å². The Hall–Kier alpha value is -1.14. The van der Waals surface area contributed by atoms with Crippen molar-refractivity contribution in [3.05, 3.63) is 16.1 Å². The van der Waals surface area contributed by atoms with Crippen LogP contribution in [-0.4, -0.2) is 67.1 Å². The fourth-order valence-corrected chi connectivity index (χ4v) is 4.61. The van der Waals surface area contributed by atoms with Crippen molar-refractivity contribution in [2.75, 3.05) is 46.3 Å². The quantitative estimate of drug-likeness (QED) is 0.632. The van der Waals surface area contributed by atoms with Gasteiger partial charge >= 0.3 is 0 Å². The average molecular weight is 350 g/mol. The Bertz CT molecular complexity index is 535. The fourth-order valence-electron chi connectivity index (χ4n) is 3.74. The van der Waals surface area contributed by atoms with Gasteiger partial charge in [0.15, 0.2) is 5.96 Å². The van der Waals surface area contributed by atoms with Gasteiger partial charge in [-0.1, -0.05) is 6.92 Å². The second kappa shape index (κ2) is 8.81. The Labute approximate surface area is 150 Å². The number of rotatable bonds is 6. The minimum atomic E-state index is 0.799. The highest BCUT2D eigenvalue weighted by molar-refractivity contribution is 7.11. The molecule has 0 saturated carbocycles. The zero-order valence-electron chi connectivity index (χ0n) is 15.1. The van der Waals surface area contributed by atoms with Crippen molar-refractivity contribution in [3.8, 4) is 0 Å². The predicted molar refractivity (Wildman–Crippen MR) is 102 cm³/mol. The second-order valence-corrected chi connectivity index (χ2v) is 8.11. The minimum Gasteiger partial charge on any atom is -0.356 e. The van der Waals surface area contributed by atoms with E-state index in [2.05, 4.69) is 32.0 Å². The Morgan fingerprint density at radius 2 is 2.21 bits per heavy atom. The summed E-state index contributed by atoms with van der Waals surface area (Å²) in [5.41, 5.74) is 0. The molecule has 6 heteroatoms. The first-order valence-electron chi connectivity index (χ1n) is 9.40. The van der Waals surface area contributed by atoms with Crippen molar-refractivity contribution in [2.24, 2.45) is 10.9 Å². The normalized spacial score (nSPS) is 22.5. The maximum atomic E-state index is 4.50. The maximum Gasteiger partial charge on any atom is 0.193 e. The molecule has 134 valence electrons.